The van der Waals surface area contributed by atoms with Crippen LogP contribution in [0.25, 0.3) is 21.6 Å². The summed E-state index contributed by atoms with van der Waals surface area (Å²) in [5.74, 6) is 1.13. The van der Waals surface area contributed by atoms with Gasteiger partial charge in [0.05, 0.1) is 41.1 Å². The maximum Gasteiger partial charge on any atom is 0.277 e. The Balaban J connectivity index is 1.48. The van der Waals surface area contributed by atoms with Crippen molar-refractivity contribution < 1.29 is 14.7 Å². The number of hydroxylamine groups is 1. The average Bonchev–Trinajstić information content (AvgIpc) is 3.35. The van der Waals surface area contributed by atoms with Crippen molar-refractivity contribution in [2.24, 2.45) is 0 Å². The van der Waals surface area contributed by atoms with E-state index in [9.17, 15) is 4.79 Å². The first kappa shape index (κ1) is 23.4. The van der Waals surface area contributed by atoms with E-state index in [1.807, 2.05) is 24.1 Å². The van der Waals surface area contributed by atoms with E-state index in [2.05, 4.69) is 24.8 Å². The third-order valence-corrected chi connectivity index (χ3v) is 6.57. The molecule has 0 saturated carbocycles. The highest BCUT2D eigenvalue weighted by atomic mass is 32.1. The van der Waals surface area contributed by atoms with Crippen LogP contribution < -0.4 is 15.3 Å². The van der Waals surface area contributed by atoms with Crippen molar-refractivity contribution in [3.63, 3.8) is 0 Å². The molecule has 1 saturated heterocycles. The molecule has 0 bridgehead atoms. The summed E-state index contributed by atoms with van der Waals surface area (Å²) in [7, 11) is 1.85. The number of nitrogens with one attached hydrogen (secondary N) is 1. The van der Waals surface area contributed by atoms with Gasteiger partial charge < -0.3 is 14.5 Å². The maximum absolute atomic E-state index is 11.5. The van der Waals surface area contributed by atoms with Crippen molar-refractivity contribution >= 4 is 39.2 Å². The van der Waals surface area contributed by atoms with Crippen LogP contribution in [0.1, 0.15) is 21.1 Å². The van der Waals surface area contributed by atoms with Crippen LogP contribution in [0.2, 0.25) is 0 Å². The third-order valence-electron chi connectivity index (χ3n) is 5.46. The number of morpholine rings is 1. The van der Waals surface area contributed by atoms with Gasteiger partial charge >= 0.3 is 0 Å². The van der Waals surface area contributed by atoms with Crippen LogP contribution in [0, 0.1) is 11.3 Å². The number of carbonyl (C=O) groups is 1. The molecule has 2 N–H and O–H groups in total. The van der Waals surface area contributed by atoms with Gasteiger partial charge in [-0.15, -0.1) is 11.3 Å². The van der Waals surface area contributed by atoms with Gasteiger partial charge in [0.15, 0.2) is 11.6 Å². The Bertz CT molecular complexity index is 1430. The van der Waals surface area contributed by atoms with E-state index < -0.39 is 5.91 Å². The van der Waals surface area contributed by atoms with Crippen LogP contribution in [0.4, 0.5) is 11.8 Å². The largest absolute Gasteiger partial charge is 0.378 e. The molecule has 5 heterocycles. The number of fused-ring (bicyclic) bond motifs is 1. The summed E-state index contributed by atoms with van der Waals surface area (Å²) in [5.41, 5.74) is 3.12. The lowest BCUT2D eigenvalue weighted by molar-refractivity contribution is 0.0705. The molecule has 182 valence electrons. The average molecular weight is 505 g/mol. The number of amides is 1. The first-order valence-electron chi connectivity index (χ1n) is 10.9. The number of nitriles is 1. The fraction of sp³-hybridized carbons (Fsp3) is 0.273. The Morgan fingerprint density at radius 1 is 1.19 bits per heavy atom. The molecule has 1 aliphatic rings. The van der Waals surface area contributed by atoms with Gasteiger partial charge in [0.1, 0.15) is 6.07 Å². The SMILES string of the molecule is CN(Cc1cc2nc(-c3cnc(C#N)nc3)nc(N3CCOCC3)c2s1)c1ncc(C(=O)NO)cn1. The lowest BCUT2D eigenvalue weighted by Crippen LogP contribution is -2.36. The quantitative estimate of drug-likeness (QED) is 0.287. The molecule has 0 unspecified atom stereocenters. The fourth-order valence-electron chi connectivity index (χ4n) is 3.67. The molecular formula is C22H20N10O3S. The molecule has 36 heavy (non-hydrogen) atoms. The van der Waals surface area contributed by atoms with Crippen LogP contribution in [0.15, 0.2) is 30.9 Å². The van der Waals surface area contributed by atoms with Crippen LogP contribution >= 0.6 is 11.3 Å². The molecule has 1 fully saturated rings. The van der Waals surface area contributed by atoms with Crippen LogP contribution in [0.3, 0.4) is 0 Å². The first-order valence-corrected chi connectivity index (χ1v) is 11.7. The fourth-order valence-corrected chi connectivity index (χ4v) is 4.83. The summed E-state index contributed by atoms with van der Waals surface area (Å²) in [4.78, 5) is 42.7. The van der Waals surface area contributed by atoms with E-state index in [-0.39, 0.29) is 11.4 Å². The van der Waals surface area contributed by atoms with Gasteiger partial charge in [-0.05, 0) is 6.07 Å². The molecule has 0 spiro atoms. The second-order valence-electron chi connectivity index (χ2n) is 7.87. The van der Waals surface area contributed by atoms with E-state index in [0.717, 1.165) is 20.9 Å². The first-order chi connectivity index (χ1) is 17.6. The highest BCUT2D eigenvalue weighted by Gasteiger charge is 2.21. The molecule has 0 radical (unpaired) electrons. The number of hydrogen-bond acceptors (Lipinski definition) is 13. The molecule has 13 nitrogen and oxygen atoms in total. The number of hydrogen-bond donors (Lipinski definition) is 2. The van der Waals surface area contributed by atoms with Gasteiger partial charge in [0.25, 0.3) is 5.91 Å². The van der Waals surface area contributed by atoms with Gasteiger partial charge in [0, 0.05) is 49.8 Å². The predicted octanol–water partition coefficient (Wildman–Crippen LogP) is 1.40. The molecule has 1 aliphatic heterocycles. The van der Waals surface area contributed by atoms with Crippen molar-refractivity contribution in [2.75, 3.05) is 43.2 Å². The molecule has 14 heteroatoms. The summed E-state index contributed by atoms with van der Waals surface area (Å²) < 4.78 is 6.47. The van der Waals surface area contributed by atoms with Gasteiger partial charge in [-0.25, -0.2) is 35.4 Å². The van der Waals surface area contributed by atoms with E-state index in [0.29, 0.717) is 50.2 Å². The van der Waals surface area contributed by atoms with E-state index in [1.54, 1.807) is 29.2 Å². The number of thiophene rings is 1. The zero-order valence-electron chi connectivity index (χ0n) is 19.1. The van der Waals surface area contributed by atoms with Gasteiger partial charge in [-0.2, -0.15) is 5.26 Å². The van der Waals surface area contributed by atoms with Crippen molar-refractivity contribution in [3.8, 4) is 17.5 Å². The predicted molar refractivity (Wildman–Crippen MR) is 130 cm³/mol. The highest BCUT2D eigenvalue weighted by molar-refractivity contribution is 7.19. The lowest BCUT2D eigenvalue weighted by atomic mass is 10.3. The van der Waals surface area contributed by atoms with Crippen molar-refractivity contribution in [1.29, 1.82) is 5.26 Å². The van der Waals surface area contributed by atoms with Gasteiger partial charge in [0.2, 0.25) is 11.8 Å². The Hall–Kier alpha value is -4.32. The van der Waals surface area contributed by atoms with Crippen LogP contribution in [-0.2, 0) is 11.3 Å². The zero-order chi connectivity index (χ0) is 25.1. The summed E-state index contributed by atoms with van der Waals surface area (Å²) in [5, 5.41) is 17.8. The van der Waals surface area contributed by atoms with E-state index in [4.69, 9.17) is 25.2 Å². The summed E-state index contributed by atoms with van der Waals surface area (Å²) in [6.45, 7) is 3.16. The Labute approximate surface area is 209 Å². The summed E-state index contributed by atoms with van der Waals surface area (Å²) >= 11 is 1.59. The monoisotopic (exact) mass is 504 g/mol. The standard InChI is InChI=1S/C22H20N10O3S/c1-31(22-26-10-14(11-27-22)21(33)30-34)12-15-6-16-18(36-15)20(32-2-4-35-5-3-32)29-19(28-16)13-8-24-17(7-23)25-9-13/h6,8-11,34H,2-5,12H2,1H3,(H,30,33). The molecule has 4 aromatic heterocycles. The summed E-state index contributed by atoms with van der Waals surface area (Å²) in [6, 6.07) is 3.92. The Morgan fingerprint density at radius 3 is 2.58 bits per heavy atom. The third kappa shape index (κ3) is 4.75. The van der Waals surface area contributed by atoms with Crippen LogP contribution in [0.5, 0.6) is 0 Å². The number of ether oxygens (including phenoxy) is 1. The minimum Gasteiger partial charge on any atom is -0.378 e. The molecule has 1 amide bonds. The molecule has 0 aliphatic carbocycles. The number of aromatic nitrogens is 6. The lowest BCUT2D eigenvalue weighted by Gasteiger charge is -2.28. The highest BCUT2D eigenvalue weighted by Crippen LogP contribution is 2.35. The van der Waals surface area contributed by atoms with E-state index >= 15 is 0 Å². The molecule has 5 rings (SSSR count). The topological polar surface area (TPSA) is 166 Å². The van der Waals surface area contributed by atoms with Crippen LogP contribution in [-0.4, -0.2) is 74.4 Å². The summed E-state index contributed by atoms with van der Waals surface area (Å²) in [6.07, 6.45) is 5.80. The smallest absolute Gasteiger partial charge is 0.277 e. The minimum absolute atomic E-state index is 0.0846. The normalized spacial score (nSPS) is 13.4. The second kappa shape index (κ2) is 10.1. The maximum atomic E-state index is 11.5. The van der Waals surface area contributed by atoms with Crippen molar-refractivity contribution in [1.82, 2.24) is 35.4 Å². The number of nitrogens with zero attached hydrogens (tertiary/aromatic N) is 9. The van der Waals surface area contributed by atoms with Gasteiger partial charge in [-0.3, -0.25) is 10.0 Å². The van der Waals surface area contributed by atoms with E-state index in [1.165, 1.54) is 12.4 Å². The van der Waals surface area contributed by atoms with Crippen molar-refractivity contribution in [3.05, 3.63) is 47.1 Å². The van der Waals surface area contributed by atoms with Crippen molar-refractivity contribution in [2.45, 2.75) is 6.54 Å². The zero-order valence-corrected chi connectivity index (χ0v) is 19.9. The minimum atomic E-state index is -0.675. The Kier molecular flexibility index (Phi) is 6.58. The number of rotatable bonds is 6. The van der Waals surface area contributed by atoms with Gasteiger partial charge in [-0.1, -0.05) is 0 Å². The Morgan fingerprint density at radius 2 is 1.92 bits per heavy atom. The number of carbonyl (C=O) groups excluding carboxylic acids is 1. The molecule has 0 atom stereocenters. The molecule has 0 aromatic carbocycles. The second-order valence-corrected chi connectivity index (χ2v) is 9.01. The number of anilines is 2. The molecule has 4 aromatic rings. The molecular weight excluding hydrogens is 484 g/mol.